The van der Waals surface area contributed by atoms with E-state index in [1.54, 1.807) is 37.3 Å². The molecule has 0 aliphatic rings. The maximum atomic E-state index is 13.4. The molecular formula is C23H21BrClN3O3S. The van der Waals surface area contributed by atoms with Gasteiger partial charge >= 0.3 is 0 Å². The highest BCUT2D eigenvalue weighted by atomic mass is 79.9. The highest BCUT2D eigenvalue weighted by Gasteiger charge is 2.28. The van der Waals surface area contributed by atoms with Crippen LogP contribution in [0.15, 0.2) is 81.2 Å². The first-order chi connectivity index (χ1) is 15.2. The van der Waals surface area contributed by atoms with Crippen LogP contribution in [0.4, 0.5) is 5.69 Å². The lowest BCUT2D eigenvalue weighted by molar-refractivity contribution is -0.119. The van der Waals surface area contributed by atoms with E-state index in [0.717, 1.165) is 19.9 Å². The van der Waals surface area contributed by atoms with Gasteiger partial charge in [-0.2, -0.15) is 5.10 Å². The summed E-state index contributed by atoms with van der Waals surface area (Å²) in [5.41, 5.74) is 4.97. The number of hydrogen-bond donors (Lipinski definition) is 1. The van der Waals surface area contributed by atoms with Crippen molar-refractivity contribution in [2.45, 2.75) is 18.7 Å². The molecule has 32 heavy (non-hydrogen) atoms. The smallest absolute Gasteiger partial charge is 0.264 e. The number of benzene rings is 3. The van der Waals surface area contributed by atoms with E-state index in [1.807, 2.05) is 31.2 Å². The molecule has 0 saturated carbocycles. The Labute approximate surface area is 201 Å². The Balaban J connectivity index is 1.90. The average molecular weight is 535 g/mol. The number of sulfonamides is 1. The average Bonchev–Trinajstić information content (AvgIpc) is 2.74. The molecule has 3 aromatic carbocycles. The second-order valence-electron chi connectivity index (χ2n) is 7.06. The van der Waals surface area contributed by atoms with Crippen molar-refractivity contribution in [3.63, 3.8) is 0 Å². The molecule has 1 amide bonds. The summed E-state index contributed by atoms with van der Waals surface area (Å²) in [5, 5.41) is 4.35. The third-order valence-corrected chi connectivity index (χ3v) is 7.33. The number of halogens is 2. The van der Waals surface area contributed by atoms with Crippen LogP contribution in [-0.4, -0.2) is 27.1 Å². The first-order valence-corrected chi connectivity index (χ1v) is 12.2. The maximum absolute atomic E-state index is 13.4. The van der Waals surface area contributed by atoms with Gasteiger partial charge in [0.1, 0.15) is 6.54 Å². The second-order valence-corrected chi connectivity index (χ2v) is 10.2. The van der Waals surface area contributed by atoms with Crippen LogP contribution in [0.2, 0.25) is 5.02 Å². The summed E-state index contributed by atoms with van der Waals surface area (Å²) < 4.78 is 28.8. The van der Waals surface area contributed by atoms with Crippen LogP contribution in [0.5, 0.6) is 0 Å². The fourth-order valence-electron chi connectivity index (χ4n) is 2.93. The first-order valence-electron chi connectivity index (χ1n) is 9.60. The SMILES string of the molecule is Cc1ccc(S(=O)(=O)N(CC(=O)N/N=C\c2cccc(Br)c2)c2cccc(Cl)c2C)cc1. The monoisotopic (exact) mass is 533 g/mol. The van der Waals surface area contributed by atoms with Crippen molar-refractivity contribution < 1.29 is 13.2 Å². The Morgan fingerprint density at radius 3 is 2.47 bits per heavy atom. The van der Waals surface area contributed by atoms with Gasteiger partial charge in [0.05, 0.1) is 16.8 Å². The van der Waals surface area contributed by atoms with Gasteiger partial charge in [0.2, 0.25) is 0 Å². The number of hydrazone groups is 1. The van der Waals surface area contributed by atoms with Crippen molar-refractivity contribution in [2.24, 2.45) is 5.10 Å². The number of carbonyl (C=O) groups is 1. The molecule has 0 aliphatic carbocycles. The van der Waals surface area contributed by atoms with Gasteiger partial charge in [0.15, 0.2) is 0 Å². The van der Waals surface area contributed by atoms with Gasteiger partial charge in [-0.25, -0.2) is 13.8 Å². The Morgan fingerprint density at radius 2 is 1.78 bits per heavy atom. The van der Waals surface area contributed by atoms with Gasteiger partial charge < -0.3 is 0 Å². The molecule has 6 nitrogen and oxygen atoms in total. The molecule has 3 aromatic rings. The van der Waals surface area contributed by atoms with Gasteiger partial charge in [-0.3, -0.25) is 9.10 Å². The lowest BCUT2D eigenvalue weighted by Gasteiger charge is -2.25. The van der Waals surface area contributed by atoms with Crippen LogP contribution in [0, 0.1) is 13.8 Å². The van der Waals surface area contributed by atoms with Crippen molar-refractivity contribution >= 4 is 55.4 Å². The number of carbonyl (C=O) groups excluding carboxylic acids is 1. The number of aryl methyl sites for hydroxylation is 1. The summed E-state index contributed by atoms with van der Waals surface area (Å²) in [7, 11) is -4.03. The predicted molar refractivity (Wildman–Crippen MR) is 132 cm³/mol. The minimum absolute atomic E-state index is 0.0768. The van der Waals surface area contributed by atoms with E-state index in [0.29, 0.717) is 16.3 Å². The van der Waals surface area contributed by atoms with E-state index >= 15 is 0 Å². The number of hydrogen-bond acceptors (Lipinski definition) is 4. The molecule has 9 heteroatoms. The molecule has 166 valence electrons. The van der Waals surface area contributed by atoms with E-state index in [4.69, 9.17) is 11.6 Å². The molecule has 0 saturated heterocycles. The fourth-order valence-corrected chi connectivity index (χ4v) is 5.00. The Bertz CT molecular complexity index is 1260. The second kappa shape index (κ2) is 10.3. The number of rotatable bonds is 7. The number of anilines is 1. The topological polar surface area (TPSA) is 78.8 Å². The molecule has 3 rings (SSSR count). The van der Waals surface area contributed by atoms with E-state index in [2.05, 4.69) is 26.5 Å². The molecule has 0 unspecified atom stereocenters. The standard InChI is InChI=1S/C23H21BrClN3O3S/c1-16-9-11-20(12-10-16)32(30,31)28(22-8-4-7-21(25)17(22)2)15-23(29)27-26-14-18-5-3-6-19(24)13-18/h3-14H,15H2,1-2H3,(H,27,29)/b26-14-. The number of nitrogens with one attached hydrogen (secondary N) is 1. The van der Waals surface area contributed by atoms with Gasteiger partial charge in [0, 0.05) is 9.50 Å². The van der Waals surface area contributed by atoms with Crippen LogP contribution in [0.1, 0.15) is 16.7 Å². The number of amides is 1. The van der Waals surface area contributed by atoms with Crippen molar-refractivity contribution in [1.29, 1.82) is 0 Å². The van der Waals surface area contributed by atoms with Crippen LogP contribution < -0.4 is 9.73 Å². The largest absolute Gasteiger partial charge is 0.271 e. The van der Waals surface area contributed by atoms with Crippen LogP contribution in [0.25, 0.3) is 0 Å². The van der Waals surface area contributed by atoms with Gasteiger partial charge in [-0.05, 0) is 61.4 Å². The van der Waals surface area contributed by atoms with Gasteiger partial charge in [-0.15, -0.1) is 0 Å². The summed E-state index contributed by atoms with van der Waals surface area (Å²) >= 11 is 9.60. The molecule has 0 atom stereocenters. The normalized spacial score (nSPS) is 11.5. The molecule has 1 N–H and O–H groups in total. The molecule has 0 radical (unpaired) electrons. The van der Waals surface area contributed by atoms with Gasteiger partial charge in [0.25, 0.3) is 15.9 Å². The Hall–Kier alpha value is -2.68. The summed E-state index contributed by atoms with van der Waals surface area (Å²) in [6.45, 7) is 3.11. The highest BCUT2D eigenvalue weighted by Crippen LogP contribution is 2.30. The lowest BCUT2D eigenvalue weighted by Crippen LogP contribution is -2.40. The van der Waals surface area contributed by atoms with E-state index < -0.39 is 22.5 Å². The Morgan fingerprint density at radius 1 is 1.09 bits per heavy atom. The van der Waals surface area contributed by atoms with Gasteiger partial charge in [-0.1, -0.05) is 63.4 Å². The van der Waals surface area contributed by atoms with Crippen molar-refractivity contribution in [3.05, 3.63) is 92.9 Å². The van der Waals surface area contributed by atoms with E-state index in [9.17, 15) is 13.2 Å². The quantitative estimate of drug-likeness (QED) is 0.340. The minimum atomic E-state index is -4.03. The zero-order valence-corrected chi connectivity index (χ0v) is 20.6. The summed E-state index contributed by atoms with van der Waals surface area (Å²) in [4.78, 5) is 12.7. The van der Waals surface area contributed by atoms with Crippen LogP contribution in [-0.2, 0) is 14.8 Å². The van der Waals surface area contributed by atoms with Crippen LogP contribution >= 0.6 is 27.5 Å². The van der Waals surface area contributed by atoms with Crippen molar-refractivity contribution in [3.8, 4) is 0 Å². The van der Waals surface area contributed by atoms with Crippen molar-refractivity contribution in [1.82, 2.24) is 5.43 Å². The van der Waals surface area contributed by atoms with Crippen LogP contribution in [0.3, 0.4) is 0 Å². The number of nitrogens with zero attached hydrogens (tertiary/aromatic N) is 2. The molecular weight excluding hydrogens is 514 g/mol. The molecule has 0 spiro atoms. The molecule has 0 heterocycles. The maximum Gasteiger partial charge on any atom is 0.264 e. The molecule has 0 fully saturated rings. The summed E-state index contributed by atoms with van der Waals surface area (Å²) in [6.07, 6.45) is 1.48. The third kappa shape index (κ3) is 5.76. The summed E-state index contributed by atoms with van der Waals surface area (Å²) in [6, 6.07) is 18.7. The molecule has 0 bridgehead atoms. The zero-order valence-electron chi connectivity index (χ0n) is 17.4. The third-order valence-electron chi connectivity index (χ3n) is 4.66. The lowest BCUT2D eigenvalue weighted by atomic mass is 10.2. The molecule has 0 aromatic heterocycles. The fraction of sp³-hybridized carbons (Fsp3) is 0.130. The highest BCUT2D eigenvalue weighted by molar-refractivity contribution is 9.10. The minimum Gasteiger partial charge on any atom is -0.271 e. The van der Waals surface area contributed by atoms with E-state index in [1.165, 1.54) is 18.3 Å². The van der Waals surface area contributed by atoms with Crippen molar-refractivity contribution in [2.75, 3.05) is 10.8 Å². The summed E-state index contributed by atoms with van der Waals surface area (Å²) in [5.74, 6) is -0.591. The zero-order chi connectivity index (χ0) is 23.3. The van der Waals surface area contributed by atoms with E-state index in [-0.39, 0.29) is 4.90 Å². The Kier molecular flexibility index (Phi) is 7.71. The predicted octanol–water partition coefficient (Wildman–Crippen LogP) is 5.06. The first kappa shape index (κ1) is 24.0. The molecule has 0 aliphatic heterocycles.